The van der Waals surface area contributed by atoms with E-state index < -0.39 is 0 Å². The molecule has 0 radical (unpaired) electrons. The lowest BCUT2D eigenvalue weighted by molar-refractivity contribution is -1.02. The van der Waals surface area contributed by atoms with Crippen LogP contribution in [0, 0.1) is 0 Å². The summed E-state index contributed by atoms with van der Waals surface area (Å²) in [7, 11) is 1.68. The van der Waals surface area contributed by atoms with Gasteiger partial charge in [-0.15, -0.1) is 0 Å². The quantitative estimate of drug-likeness (QED) is 0.582. The smallest absolute Gasteiger partial charge is 0.279 e. The van der Waals surface area contributed by atoms with E-state index in [1.54, 1.807) is 19.2 Å². The number of piperazine rings is 1. The molecule has 28 heavy (non-hydrogen) atoms. The molecule has 3 rings (SSSR count). The number of nitrogens with one attached hydrogen (secondary N) is 3. The van der Waals surface area contributed by atoms with Gasteiger partial charge in [-0.2, -0.15) is 0 Å². The predicted molar refractivity (Wildman–Crippen MR) is 108 cm³/mol. The monoisotopic (exact) mass is 383 g/mol. The Balaban J connectivity index is 1.46. The van der Waals surface area contributed by atoms with Crippen molar-refractivity contribution >= 4 is 17.4 Å². The van der Waals surface area contributed by atoms with Gasteiger partial charge in [0.2, 0.25) is 0 Å². The zero-order valence-corrected chi connectivity index (χ0v) is 16.6. The summed E-state index contributed by atoms with van der Waals surface area (Å²) >= 11 is 0. The molecule has 1 fully saturated rings. The van der Waals surface area contributed by atoms with Crippen LogP contribution in [0.3, 0.4) is 0 Å². The molecule has 2 aromatic rings. The van der Waals surface area contributed by atoms with Crippen molar-refractivity contribution < 1.29 is 24.1 Å². The lowest BCUT2D eigenvalue weighted by atomic mass is 10.1. The minimum absolute atomic E-state index is 0.0395. The molecule has 0 aromatic heterocycles. The second kappa shape index (κ2) is 9.48. The first kappa shape index (κ1) is 20.0. The Kier molecular flexibility index (Phi) is 6.79. The number of hydrogen-bond donors (Lipinski definition) is 3. The molecule has 0 atom stereocenters. The van der Waals surface area contributed by atoms with Crippen LogP contribution < -0.4 is 19.9 Å². The fourth-order valence-electron chi connectivity index (χ4n) is 3.66. The highest BCUT2D eigenvalue weighted by Crippen LogP contribution is 2.15. The van der Waals surface area contributed by atoms with Crippen molar-refractivity contribution in [1.82, 2.24) is 0 Å². The van der Waals surface area contributed by atoms with Gasteiger partial charge in [-0.3, -0.25) is 9.59 Å². The summed E-state index contributed by atoms with van der Waals surface area (Å²) in [6.07, 6.45) is 0. The molecule has 1 heterocycles. The van der Waals surface area contributed by atoms with Crippen molar-refractivity contribution in [1.29, 1.82) is 0 Å². The highest BCUT2D eigenvalue weighted by atomic mass is 16.5. The summed E-state index contributed by atoms with van der Waals surface area (Å²) in [6, 6.07) is 15.4. The molecule has 1 amide bonds. The average Bonchev–Trinajstić information content (AvgIpc) is 2.70. The number of Topliss-reactive ketones (excluding diaryl/α,β-unsaturated/α-hetero) is 1. The Bertz CT molecular complexity index is 812. The Morgan fingerprint density at radius 1 is 0.964 bits per heavy atom. The second-order valence-corrected chi connectivity index (χ2v) is 7.35. The van der Waals surface area contributed by atoms with Gasteiger partial charge in [0.15, 0.2) is 12.3 Å². The third-order valence-corrected chi connectivity index (χ3v) is 5.27. The Labute approximate surface area is 166 Å². The van der Waals surface area contributed by atoms with E-state index in [1.165, 1.54) is 22.3 Å². The van der Waals surface area contributed by atoms with Crippen molar-refractivity contribution in [3.8, 4) is 5.75 Å². The highest BCUT2D eigenvalue weighted by molar-refractivity contribution is 6.03. The van der Waals surface area contributed by atoms with Gasteiger partial charge >= 0.3 is 0 Å². The van der Waals surface area contributed by atoms with Crippen LogP contribution in [-0.4, -0.2) is 51.5 Å². The zero-order valence-electron chi connectivity index (χ0n) is 16.6. The number of quaternary nitrogens is 2. The standard InChI is InChI=1S/C22H27N3O3/c1-17(26)20-5-3-4-6-21(20)23-22(27)16-25-13-11-24(12-14-25)15-18-7-9-19(28-2)10-8-18/h3-10H,11-16H2,1-2H3,(H,23,27)/p+2. The molecule has 0 spiro atoms. The van der Waals surface area contributed by atoms with E-state index in [0.29, 0.717) is 17.8 Å². The minimum Gasteiger partial charge on any atom is -0.497 e. The van der Waals surface area contributed by atoms with E-state index in [2.05, 4.69) is 17.4 Å². The summed E-state index contributed by atoms with van der Waals surface area (Å²) in [5, 5.41) is 2.90. The number of methoxy groups -OCH3 is 1. The van der Waals surface area contributed by atoms with Crippen molar-refractivity contribution in [2.75, 3.05) is 45.2 Å². The van der Waals surface area contributed by atoms with E-state index in [1.807, 2.05) is 24.3 Å². The molecule has 0 saturated carbocycles. The zero-order chi connectivity index (χ0) is 19.9. The number of rotatable bonds is 7. The fraction of sp³-hybridized carbons (Fsp3) is 0.364. The third-order valence-electron chi connectivity index (χ3n) is 5.27. The maximum atomic E-state index is 12.4. The van der Waals surface area contributed by atoms with Crippen LogP contribution in [0.15, 0.2) is 48.5 Å². The molecular weight excluding hydrogens is 354 g/mol. The van der Waals surface area contributed by atoms with Gasteiger partial charge in [0.25, 0.3) is 5.91 Å². The summed E-state index contributed by atoms with van der Waals surface area (Å²) in [5.41, 5.74) is 2.46. The van der Waals surface area contributed by atoms with Crippen LogP contribution in [0.5, 0.6) is 5.75 Å². The van der Waals surface area contributed by atoms with Crippen molar-refractivity contribution in [3.63, 3.8) is 0 Å². The van der Waals surface area contributed by atoms with Crippen LogP contribution >= 0.6 is 0 Å². The fourth-order valence-corrected chi connectivity index (χ4v) is 3.66. The van der Waals surface area contributed by atoms with Gasteiger partial charge in [0, 0.05) is 11.1 Å². The summed E-state index contributed by atoms with van der Waals surface area (Å²) in [5.74, 6) is 0.798. The number of benzene rings is 2. The van der Waals surface area contributed by atoms with Gasteiger partial charge in [0.1, 0.15) is 38.5 Å². The molecule has 0 bridgehead atoms. The molecule has 0 aliphatic carbocycles. The molecule has 1 aliphatic rings. The second-order valence-electron chi connectivity index (χ2n) is 7.35. The first-order valence-corrected chi connectivity index (χ1v) is 9.75. The normalized spacial score (nSPS) is 19.1. The third kappa shape index (κ3) is 5.41. The summed E-state index contributed by atoms with van der Waals surface area (Å²) in [6.45, 7) is 6.95. The van der Waals surface area contributed by atoms with Gasteiger partial charge < -0.3 is 19.9 Å². The molecule has 1 saturated heterocycles. The Morgan fingerprint density at radius 3 is 2.25 bits per heavy atom. The van der Waals surface area contributed by atoms with Gasteiger partial charge in [0.05, 0.1) is 12.8 Å². The van der Waals surface area contributed by atoms with Crippen molar-refractivity contribution in [2.24, 2.45) is 0 Å². The molecule has 148 valence electrons. The predicted octanol–water partition coefficient (Wildman–Crippen LogP) is -0.180. The van der Waals surface area contributed by atoms with Crippen molar-refractivity contribution in [3.05, 3.63) is 59.7 Å². The topological polar surface area (TPSA) is 64.3 Å². The first-order valence-electron chi connectivity index (χ1n) is 9.75. The number of para-hydroxylation sites is 1. The molecule has 1 aliphatic heterocycles. The highest BCUT2D eigenvalue weighted by Gasteiger charge is 2.25. The Morgan fingerprint density at radius 2 is 1.61 bits per heavy atom. The molecule has 3 N–H and O–H groups in total. The van der Waals surface area contributed by atoms with E-state index in [-0.39, 0.29) is 11.7 Å². The number of ketones is 1. The molecule has 6 nitrogen and oxygen atoms in total. The van der Waals surface area contributed by atoms with Gasteiger partial charge in [-0.1, -0.05) is 12.1 Å². The maximum absolute atomic E-state index is 12.4. The summed E-state index contributed by atoms with van der Waals surface area (Å²) in [4.78, 5) is 26.9. The van der Waals surface area contributed by atoms with Crippen LogP contribution in [0.1, 0.15) is 22.8 Å². The van der Waals surface area contributed by atoms with Gasteiger partial charge in [-0.05, 0) is 43.3 Å². The lowest BCUT2D eigenvalue weighted by Gasteiger charge is -2.29. The van der Waals surface area contributed by atoms with Crippen LogP contribution in [0.2, 0.25) is 0 Å². The largest absolute Gasteiger partial charge is 0.497 e. The number of hydrogen-bond acceptors (Lipinski definition) is 3. The molecular formula is C22H29N3O3+2. The molecule has 0 unspecified atom stereocenters. The number of anilines is 1. The van der Waals surface area contributed by atoms with Crippen LogP contribution in [0.4, 0.5) is 5.69 Å². The van der Waals surface area contributed by atoms with Crippen LogP contribution in [-0.2, 0) is 11.3 Å². The first-order chi connectivity index (χ1) is 13.5. The van der Waals surface area contributed by atoms with Gasteiger partial charge in [-0.25, -0.2) is 0 Å². The van der Waals surface area contributed by atoms with Crippen molar-refractivity contribution in [2.45, 2.75) is 13.5 Å². The number of carbonyl (C=O) groups is 2. The average molecular weight is 383 g/mol. The molecule has 2 aromatic carbocycles. The number of ether oxygens (including phenoxy) is 1. The number of carbonyl (C=O) groups excluding carboxylic acids is 2. The Hall–Kier alpha value is -2.70. The summed E-state index contributed by atoms with van der Waals surface area (Å²) < 4.78 is 5.21. The molecule has 6 heteroatoms. The minimum atomic E-state index is -0.0426. The van der Waals surface area contributed by atoms with E-state index in [0.717, 1.165) is 38.5 Å². The van der Waals surface area contributed by atoms with E-state index >= 15 is 0 Å². The van der Waals surface area contributed by atoms with E-state index in [9.17, 15) is 9.59 Å². The SMILES string of the molecule is COc1ccc(C[NH+]2CC[NH+](CC(=O)Nc3ccccc3C(C)=O)CC2)cc1. The lowest BCUT2D eigenvalue weighted by Crippen LogP contribution is -3.28. The van der Waals surface area contributed by atoms with Crippen LogP contribution in [0.25, 0.3) is 0 Å². The van der Waals surface area contributed by atoms with E-state index in [4.69, 9.17) is 4.74 Å². The number of amides is 1. The maximum Gasteiger partial charge on any atom is 0.279 e.